The molecule has 108 valence electrons. The van der Waals surface area contributed by atoms with Crippen molar-refractivity contribution in [1.82, 2.24) is 15.5 Å². The summed E-state index contributed by atoms with van der Waals surface area (Å²) in [7, 11) is 4.18. The predicted molar refractivity (Wildman–Crippen MR) is 77.7 cm³/mol. The molecule has 0 rings (SSSR count). The predicted octanol–water partition coefficient (Wildman–Crippen LogP) is 1.47. The summed E-state index contributed by atoms with van der Waals surface area (Å²) >= 11 is 0. The van der Waals surface area contributed by atoms with Crippen LogP contribution in [-0.4, -0.2) is 50.6 Å². The van der Waals surface area contributed by atoms with Crippen molar-refractivity contribution in [3.05, 3.63) is 0 Å². The summed E-state index contributed by atoms with van der Waals surface area (Å²) in [5.74, 6) is 0.741. The van der Waals surface area contributed by atoms with E-state index in [4.69, 9.17) is 0 Å². The third kappa shape index (κ3) is 6.97. The van der Waals surface area contributed by atoms with Gasteiger partial charge in [0, 0.05) is 12.6 Å². The lowest BCUT2D eigenvalue weighted by Gasteiger charge is -2.31. The minimum absolute atomic E-state index is 0.0984. The van der Waals surface area contributed by atoms with Gasteiger partial charge in [0.25, 0.3) is 0 Å². The summed E-state index contributed by atoms with van der Waals surface area (Å²) in [6.07, 6.45) is 3.37. The second kappa shape index (κ2) is 10.3. The van der Waals surface area contributed by atoms with E-state index in [0.717, 1.165) is 32.4 Å². The fourth-order valence-electron chi connectivity index (χ4n) is 2.26. The van der Waals surface area contributed by atoms with Crippen molar-refractivity contribution in [3.63, 3.8) is 0 Å². The Bertz CT molecular complexity index is 215. The highest BCUT2D eigenvalue weighted by Gasteiger charge is 2.20. The van der Waals surface area contributed by atoms with Crippen LogP contribution in [0, 0.1) is 5.92 Å². The zero-order valence-electron chi connectivity index (χ0n) is 12.8. The van der Waals surface area contributed by atoms with Crippen molar-refractivity contribution in [1.29, 1.82) is 0 Å². The van der Waals surface area contributed by atoms with E-state index in [2.05, 4.69) is 50.4 Å². The molecule has 0 aromatic carbocycles. The Labute approximate surface area is 113 Å². The van der Waals surface area contributed by atoms with Crippen LogP contribution in [0.2, 0.25) is 0 Å². The van der Waals surface area contributed by atoms with Crippen LogP contribution in [0.4, 0.5) is 0 Å². The van der Waals surface area contributed by atoms with Gasteiger partial charge in [-0.3, -0.25) is 4.79 Å². The van der Waals surface area contributed by atoms with E-state index in [-0.39, 0.29) is 5.91 Å². The monoisotopic (exact) mass is 257 g/mol. The fraction of sp³-hybridized carbons (Fsp3) is 0.929. The molecular weight excluding hydrogens is 226 g/mol. The number of carbonyl (C=O) groups is 1. The first-order valence-electron chi connectivity index (χ1n) is 7.20. The zero-order valence-corrected chi connectivity index (χ0v) is 12.8. The minimum atomic E-state index is 0.0984. The first-order chi connectivity index (χ1) is 8.56. The van der Waals surface area contributed by atoms with Gasteiger partial charge in [0.15, 0.2) is 0 Å². The molecule has 0 aliphatic carbocycles. The molecule has 0 aliphatic heterocycles. The highest BCUT2D eigenvalue weighted by molar-refractivity contribution is 5.77. The lowest BCUT2D eigenvalue weighted by atomic mass is 9.93. The number of likely N-dealkylation sites (N-methyl/N-ethyl adjacent to an activating group) is 1. The summed E-state index contributed by atoms with van der Waals surface area (Å²) < 4.78 is 0. The van der Waals surface area contributed by atoms with Crippen molar-refractivity contribution in [2.45, 2.75) is 46.1 Å². The van der Waals surface area contributed by atoms with Gasteiger partial charge in [0.1, 0.15) is 0 Å². The summed E-state index contributed by atoms with van der Waals surface area (Å²) in [5, 5.41) is 6.15. The molecule has 0 spiro atoms. The molecule has 0 saturated carbocycles. The fourth-order valence-corrected chi connectivity index (χ4v) is 2.26. The molecule has 1 amide bonds. The molecule has 18 heavy (non-hydrogen) atoms. The van der Waals surface area contributed by atoms with E-state index in [1.165, 1.54) is 0 Å². The largest absolute Gasteiger partial charge is 0.353 e. The first-order valence-corrected chi connectivity index (χ1v) is 7.20. The molecule has 0 radical (unpaired) electrons. The number of amides is 1. The quantitative estimate of drug-likeness (QED) is 0.583. The second-order valence-electron chi connectivity index (χ2n) is 5.09. The van der Waals surface area contributed by atoms with Crippen LogP contribution in [-0.2, 0) is 4.79 Å². The third-order valence-electron chi connectivity index (χ3n) is 3.48. The average molecular weight is 257 g/mol. The molecule has 1 unspecified atom stereocenters. The lowest BCUT2D eigenvalue weighted by molar-refractivity contribution is -0.120. The first kappa shape index (κ1) is 17.4. The molecule has 4 nitrogen and oxygen atoms in total. The van der Waals surface area contributed by atoms with Crippen LogP contribution >= 0.6 is 0 Å². The van der Waals surface area contributed by atoms with Gasteiger partial charge in [-0.1, -0.05) is 33.6 Å². The molecule has 4 heteroatoms. The SMILES string of the molecule is CCCNCC(=O)NCC(C(CC)CC)N(C)C. The molecule has 0 aliphatic rings. The standard InChI is InChI=1S/C14H31N3O/c1-6-9-15-11-14(18)16-10-13(17(4)5)12(7-2)8-3/h12-13,15H,6-11H2,1-5H3,(H,16,18). The number of nitrogens with zero attached hydrogens (tertiary/aromatic N) is 1. The molecular formula is C14H31N3O. The van der Waals surface area contributed by atoms with Gasteiger partial charge in [-0.25, -0.2) is 0 Å². The van der Waals surface area contributed by atoms with Crippen molar-refractivity contribution in [3.8, 4) is 0 Å². The van der Waals surface area contributed by atoms with E-state index >= 15 is 0 Å². The lowest BCUT2D eigenvalue weighted by Crippen LogP contribution is -2.46. The van der Waals surface area contributed by atoms with Crippen LogP contribution in [0.15, 0.2) is 0 Å². The molecule has 2 N–H and O–H groups in total. The molecule has 0 saturated heterocycles. The number of hydrogen-bond donors (Lipinski definition) is 2. The van der Waals surface area contributed by atoms with Gasteiger partial charge in [0.2, 0.25) is 5.91 Å². The number of hydrogen-bond acceptors (Lipinski definition) is 3. The van der Waals surface area contributed by atoms with Crippen LogP contribution in [0.25, 0.3) is 0 Å². The summed E-state index contributed by atoms with van der Waals surface area (Å²) in [4.78, 5) is 13.9. The summed E-state index contributed by atoms with van der Waals surface area (Å²) in [6, 6.07) is 0.426. The highest BCUT2D eigenvalue weighted by atomic mass is 16.1. The average Bonchev–Trinajstić information content (AvgIpc) is 2.34. The maximum absolute atomic E-state index is 11.7. The van der Waals surface area contributed by atoms with Gasteiger partial charge in [-0.2, -0.15) is 0 Å². The van der Waals surface area contributed by atoms with E-state index in [0.29, 0.717) is 18.5 Å². The molecule has 0 aromatic heterocycles. The van der Waals surface area contributed by atoms with Gasteiger partial charge in [-0.15, -0.1) is 0 Å². The maximum atomic E-state index is 11.7. The van der Waals surface area contributed by atoms with Crippen LogP contribution in [0.5, 0.6) is 0 Å². The second-order valence-corrected chi connectivity index (χ2v) is 5.09. The maximum Gasteiger partial charge on any atom is 0.234 e. The molecule has 1 atom stereocenters. The Morgan fingerprint density at radius 2 is 1.78 bits per heavy atom. The van der Waals surface area contributed by atoms with Crippen LogP contribution in [0.3, 0.4) is 0 Å². The minimum Gasteiger partial charge on any atom is -0.353 e. The number of nitrogens with one attached hydrogen (secondary N) is 2. The normalized spacial score (nSPS) is 13.1. The molecule has 0 heterocycles. The Balaban J connectivity index is 4.07. The highest BCUT2D eigenvalue weighted by Crippen LogP contribution is 2.16. The van der Waals surface area contributed by atoms with Crippen LogP contribution in [0.1, 0.15) is 40.0 Å². The Morgan fingerprint density at radius 1 is 1.17 bits per heavy atom. The summed E-state index contributed by atoms with van der Waals surface area (Å²) in [5.41, 5.74) is 0. The summed E-state index contributed by atoms with van der Waals surface area (Å²) in [6.45, 7) is 8.60. The molecule has 0 fully saturated rings. The van der Waals surface area contributed by atoms with E-state index in [9.17, 15) is 4.79 Å². The van der Waals surface area contributed by atoms with Crippen molar-refractivity contribution >= 4 is 5.91 Å². The van der Waals surface area contributed by atoms with E-state index < -0.39 is 0 Å². The smallest absolute Gasteiger partial charge is 0.234 e. The van der Waals surface area contributed by atoms with E-state index in [1.807, 2.05) is 0 Å². The zero-order chi connectivity index (χ0) is 14.0. The Morgan fingerprint density at radius 3 is 2.22 bits per heavy atom. The van der Waals surface area contributed by atoms with Crippen molar-refractivity contribution in [2.75, 3.05) is 33.7 Å². The Hall–Kier alpha value is -0.610. The van der Waals surface area contributed by atoms with Gasteiger partial charge in [-0.05, 0) is 33.0 Å². The van der Waals surface area contributed by atoms with Crippen molar-refractivity contribution in [2.24, 2.45) is 5.92 Å². The van der Waals surface area contributed by atoms with E-state index in [1.54, 1.807) is 0 Å². The van der Waals surface area contributed by atoms with Gasteiger partial charge in [0.05, 0.1) is 6.54 Å². The van der Waals surface area contributed by atoms with Gasteiger partial charge >= 0.3 is 0 Å². The number of carbonyl (C=O) groups excluding carboxylic acids is 1. The topological polar surface area (TPSA) is 44.4 Å². The van der Waals surface area contributed by atoms with Crippen molar-refractivity contribution < 1.29 is 4.79 Å². The third-order valence-corrected chi connectivity index (χ3v) is 3.48. The van der Waals surface area contributed by atoms with Crippen LogP contribution < -0.4 is 10.6 Å². The number of rotatable bonds is 10. The Kier molecular flexibility index (Phi) is 9.98. The molecule has 0 bridgehead atoms. The van der Waals surface area contributed by atoms with Gasteiger partial charge < -0.3 is 15.5 Å². The molecule has 0 aromatic rings.